The van der Waals surface area contributed by atoms with Crippen molar-refractivity contribution >= 4 is 22.6 Å². The molecule has 23 heavy (non-hydrogen) atoms. The van der Waals surface area contributed by atoms with Crippen LogP contribution < -0.4 is 10.1 Å². The lowest BCUT2D eigenvalue weighted by molar-refractivity contribution is -0.115. The summed E-state index contributed by atoms with van der Waals surface area (Å²) >= 11 is 0. The van der Waals surface area contributed by atoms with E-state index in [-0.39, 0.29) is 17.5 Å². The number of anilines is 1. The third-order valence-electron chi connectivity index (χ3n) is 3.37. The number of hydrogen-bond donors (Lipinski definition) is 1. The van der Waals surface area contributed by atoms with Gasteiger partial charge in [0, 0.05) is 22.4 Å². The van der Waals surface area contributed by atoms with Crippen molar-refractivity contribution in [3.05, 3.63) is 41.1 Å². The predicted octanol–water partition coefficient (Wildman–Crippen LogP) is 2.58. The van der Waals surface area contributed by atoms with Crippen molar-refractivity contribution in [2.75, 3.05) is 12.4 Å². The van der Waals surface area contributed by atoms with Gasteiger partial charge in [-0.15, -0.1) is 0 Å². The number of ether oxygens (including phenoxy) is 1. The van der Waals surface area contributed by atoms with Gasteiger partial charge in [-0.2, -0.15) is 0 Å². The number of benzene rings is 1. The molecule has 2 aromatic rings. The van der Waals surface area contributed by atoms with Crippen molar-refractivity contribution in [1.29, 1.82) is 0 Å². The Balaban J connectivity index is 2.05. The molecule has 7 heteroatoms. The highest BCUT2D eigenvalue weighted by molar-refractivity contribution is 7.85. The molecular formula is C16H20N2O4S. The molecule has 0 fully saturated rings. The molecule has 1 N–H and O–H groups in total. The van der Waals surface area contributed by atoms with Crippen molar-refractivity contribution in [2.24, 2.45) is 0 Å². The van der Waals surface area contributed by atoms with Crippen LogP contribution in [0.5, 0.6) is 5.75 Å². The molecule has 0 saturated heterocycles. The van der Waals surface area contributed by atoms with Crippen molar-refractivity contribution < 1.29 is 18.3 Å². The molecule has 0 aliphatic rings. The minimum Gasteiger partial charge on any atom is -0.496 e. The van der Waals surface area contributed by atoms with Crippen LogP contribution in [0.4, 0.5) is 5.88 Å². The summed E-state index contributed by atoms with van der Waals surface area (Å²) in [7, 11) is 0.182. The summed E-state index contributed by atoms with van der Waals surface area (Å²) in [5.41, 5.74) is 2.53. The third kappa shape index (κ3) is 4.41. The van der Waals surface area contributed by atoms with Crippen LogP contribution in [0.15, 0.2) is 28.8 Å². The Morgan fingerprint density at radius 2 is 2.13 bits per heavy atom. The molecule has 2 atom stereocenters. The Labute approximate surface area is 137 Å². The number of nitrogens with zero attached hydrogens (tertiary/aromatic N) is 1. The normalized spacial score (nSPS) is 13.4. The van der Waals surface area contributed by atoms with Crippen LogP contribution in [0.3, 0.4) is 0 Å². The highest BCUT2D eigenvalue weighted by Crippen LogP contribution is 2.22. The molecule has 1 aromatic carbocycles. The van der Waals surface area contributed by atoms with Crippen LogP contribution in [-0.2, 0) is 21.3 Å². The number of aromatic nitrogens is 1. The Morgan fingerprint density at radius 1 is 1.39 bits per heavy atom. The van der Waals surface area contributed by atoms with Crippen molar-refractivity contribution in [1.82, 2.24) is 5.16 Å². The lowest BCUT2D eigenvalue weighted by Gasteiger charge is -2.13. The maximum atomic E-state index is 12.5. The van der Waals surface area contributed by atoms with Crippen LogP contribution in [0.2, 0.25) is 0 Å². The predicted molar refractivity (Wildman–Crippen MR) is 88.9 cm³/mol. The summed E-state index contributed by atoms with van der Waals surface area (Å²) < 4.78 is 22.7. The van der Waals surface area contributed by atoms with Gasteiger partial charge in [0.05, 0.1) is 18.6 Å². The average molecular weight is 336 g/mol. The van der Waals surface area contributed by atoms with Gasteiger partial charge in [-0.25, -0.2) is 0 Å². The summed E-state index contributed by atoms with van der Waals surface area (Å²) in [6.45, 7) is 5.33. The summed E-state index contributed by atoms with van der Waals surface area (Å²) in [6, 6.07) is 7.29. The largest absolute Gasteiger partial charge is 0.496 e. The number of carbonyl (C=O) groups excluding carboxylic acids is 1. The zero-order chi connectivity index (χ0) is 17.0. The average Bonchev–Trinajstić information content (AvgIpc) is 2.91. The lowest BCUT2D eigenvalue weighted by Crippen LogP contribution is -2.29. The molecule has 1 aromatic heterocycles. The topological polar surface area (TPSA) is 81.4 Å². The van der Waals surface area contributed by atoms with E-state index in [1.165, 1.54) is 0 Å². The lowest BCUT2D eigenvalue weighted by atomic mass is 10.1. The van der Waals surface area contributed by atoms with Gasteiger partial charge in [-0.1, -0.05) is 22.9 Å². The number of hydrogen-bond acceptors (Lipinski definition) is 5. The zero-order valence-corrected chi connectivity index (χ0v) is 14.4. The van der Waals surface area contributed by atoms with E-state index >= 15 is 0 Å². The van der Waals surface area contributed by atoms with E-state index in [1.54, 1.807) is 27.0 Å². The second kappa shape index (κ2) is 7.41. The van der Waals surface area contributed by atoms with Gasteiger partial charge in [-0.05, 0) is 26.8 Å². The fraction of sp³-hybridized carbons (Fsp3) is 0.375. The number of amides is 1. The van der Waals surface area contributed by atoms with Crippen molar-refractivity contribution in [3.63, 3.8) is 0 Å². The van der Waals surface area contributed by atoms with Gasteiger partial charge in [0.1, 0.15) is 11.0 Å². The Hall–Kier alpha value is -2.15. The number of methoxy groups -OCH3 is 1. The molecule has 0 saturated carbocycles. The Morgan fingerprint density at radius 3 is 2.74 bits per heavy atom. The number of rotatable bonds is 6. The number of nitrogens with one attached hydrogen (secondary N) is 1. The van der Waals surface area contributed by atoms with Crippen molar-refractivity contribution in [3.8, 4) is 5.75 Å². The zero-order valence-electron chi connectivity index (χ0n) is 13.6. The molecule has 2 rings (SSSR count). The van der Waals surface area contributed by atoms with Gasteiger partial charge in [0.15, 0.2) is 0 Å². The van der Waals surface area contributed by atoms with E-state index in [9.17, 15) is 9.00 Å². The first-order valence-electron chi connectivity index (χ1n) is 7.15. The molecule has 124 valence electrons. The van der Waals surface area contributed by atoms with E-state index in [1.807, 2.05) is 25.1 Å². The smallest absolute Gasteiger partial charge is 0.242 e. The second-order valence-electron chi connectivity index (χ2n) is 5.30. The SMILES string of the molecule is COc1ccc(C)cc1CS(=O)C(C)C(=O)Nc1cc(C)no1. The molecule has 0 aliphatic carbocycles. The second-order valence-corrected chi connectivity index (χ2v) is 7.06. The van der Waals surface area contributed by atoms with E-state index in [0.717, 1.165) is 11.1 Å². The molecule has 1 heterocycles. The fourth-order valence-electron chi connectivity index (χ4n) is 2.06. The van der Waals surface area contributed by atoms with Gasteiger partial charge < -0.3 is 9.26 Å². The first-order chi connectivity index (χ1) is 10.9. The fourth-order valence-corrected chi connectivity index (χ4v) is 3.14. The van der Waals surface area contributed by atoms with Gasteiger partial charge in [-0.3, -0.25) is 14.3 Å². The van der Waals surface area contributed by atoms with E-state index < -0.39 is 16.0 Å². The Kier molecular flexibility index (Phi) is 5.54. The summed E-state index contributed by atoms with van der Waals surface area (Å²) in [6.07, 6.45) is 0. The van der Waals surface area contributed by atoms with Crippen LogP contribution in [0.25, 0.3) is 0 Å². The molecule has 6 nitrogen and oxygen atoms in total. The third-order valence-corrected chi connectivity index (χ3v) is 4.97. The maximum absolute atomic E-state index is 12.5. The highest BCUT2D eigenvalue weighted by Gasteiger charge is 2.22. The number of aryl methyl sites for hydroxylation is 2. The van der Waals surface area contributed by atoms with E-state index in [4.69, 9.17) is 9.26 Å². The molecule has 0 aliphatic heterocycles. The van der Waals surface area contributed by atoms with Gasteiger partial charge in [0.2, 0.25) is 11.8 Å². The molecule has 2 unspecified atom stereocenters. The molecule has 0 spiro atoms. The van der Waals surface area contributed by atoms with E-state index in [0.29, 0.717) is 11.4 Å². The number of carbonyl (C=O) groups is 1. The first-order valence-corrected chi connectivity index (χ1v) is 8.53. The maximum Gasteiger partial charge on any atom is 0.242 e. The van der Waals surface area contributed by atoms with Crippen LogP contribution in [0.1, 0.15) is 23.7 Å². The van der Waals surface area contributed by atoms with Gasteiger partial charge in [0.25, 0.3) is 0 Å². The van der Waals surface area contributed by atoms with Crippen LogP contribution in [-0.4, -0.2) is 27.6 Å². The summed E-state index contributed by atoms with van der Waals surface area (Å²) in [5.74, 6) is 0.799. The quantitative estimate of drug-likeness (QED) is 0.877. The molecular weight excluding hydrogens is 316 g/mol. The highest BCUT2D eigenvalue weighted by atomic mass is 32.2. The standard InChI is InChI=1S/C16H20N2O4S/c1-10-5-6-14(21-4)13(7-10)9-23(20)12(3)16(19)17-15-8-11(2)18-22-15/h5-8,12H,9H2,1-4H3,(H,17,19). The molecule has 0 bridgehead atoms. The van der Waals surface area contributed by atoms with Crippen molar-refractivity contribution in [2.45, 2.75) is 31.8 Å². The first kappa shape index (κ1) is 17.2. The monoisotopic (exact) mass is 336 g/mol. The van der Waals surface area contributed by atoms with Crippen LogP contribution in [0, 0.1) is 13.8 Å². The minimum absolute atomic E-state index is 0.245. The summed E-state index contributed by atoms with van der Waals surface area (Å²) in [5, 5.41) is 5.58. The Bertz CT molecular complexity index is 727. The van der Waals surface area contributed by atoms with Gasteiger partial charge >= 0.3 is 0 Å². The molecule has 1 amide bonds. The summed E-state index contributed by atoms with van der Waals surface area (Å²) in [4.78, 5) is 12.2. The van der Waals surface area contributed by atoms with Crippen LogP contribution >= 0.6 is 0 Å². The molecule has 0 radical (unpaired) electrons. The van der Waals surface area contributed by atoms with E-state index in [2.05, 4.69) is 10.5 Å². The minimum atomic E-state index is -1.39.